The summed E-state index contributed by atoms with van der Waals surface area (Å²) in [4.78, 5) is 0.518. The van der Waals surface area contributed by atoms with Crippen LogP contribution in [-0.4, -0.2) is 8.42 Å². The lowest BCUT2D eigenvalue weighted by Gasteiger charge is -2.14. The third-order valence-electron chi connectivity index (χ3n) is 3.98. The van der Waals surface area contributed by atoms with Gasteiger partial charge in [0.2, 0.25) is 9.84 Å². The summed E-state index contributed by atoms with van der Waals surface area (Å²) in [6.07, 6.45) is 0. The molecule has 0 saturated carbocycles. The molecule has 0 aliphatic heterocycles. The average Bonchev–Trinajstić information content (AvgIpc) is 2.47. The van der Waals surface area contributed by atoms with E-state index >= 15 is 0 Å². The van der Waals surface area contributed by atoms with E-state index in [-0.39, 0.29) is 21.6 Å². The maximum Gasteiger partial charge on any atom is 0.206 e. The summed E-state index contributed by atoms with van der Waals surface area (Å²) >= 11 is 0. The number of nitrogen functional groups attached to an aromatic ring is 2. The van der Waals surface area contributed by atoms with Gasteiger partial charge in [-0.2, -0.15) is 0 Å². The van der Waals surface area contributed by atoms with Gasteiger partial charge in [-0.3, -0.25) is 0 Å². The van der Waals surface area contributed by atoms with Gasteiger partial charge in [0.1, 0.15) is 0 Å². The van der Waals surface area contributed by atoms with Crippen LogP contribution in [0.5, 0.6) is 0 Å². The fourth-order valence-corrected chi connectivity index (χ4v) is 3.91. The van der Waals surface area contributed by atoms with Gasteiger partial charge in [0.05, 0.1) is 9.79 Å². The van der Waals surface area contributed by atoms with Crippen LogP contribution in [0.2, 0.25) is 0 Å². The molecule has 2 aromatic carbocycles. The Bertz CT molecular complexity index is 761. The van der Waals surface area contributed by atoms with E-state index in [1.807, 2.05) is 27.7 Å². The van der Waals surface area contributed by atoms with Crippen molar-refractivity contribution in [3.63, 3.8) is 0 Å². The highest BCUT2D eigenvalue weighted by Gasteiger charge is 2.21. The predicted octanol–water partition coefficient (Wildman–Crippen LogP) is 3.93. The Labute approximate surface area is 138 Å². The lowest BCUT2D eigenvalue weighted by atomic mass is 10.0. The van der Waals surface area contributed by atoms with E-state index in [1.54, 1.807) is 36.4 Å². The number of hydrogen-bond acceptors (Lipinski definition) is 4. The van der Waals surface area contributed by atoms with Crippen molar-refractivity contribution < 1.29 is 8.42 Å². The molecule has 0 aliphatic carbocycles. The van der Waals surface area contributed by atoms with Crippen molar-refractivity contribution in [2.75, 3.05) is 11.5 Å². The quantitative estimate of drug-likeness (QED) is 0.831. The molecular weight excluding hydrogens is 308 g/mol. The Morgan fingerprint density at radius 2 is 1.09 bits per heavy atom. The molecule has 0 atom stereocenters. The molecule has 0 spiro atoms. The Balaban J connectivity index is 2.59. The largest absolute Gasteiger partial charge is 0.398 e. The molecule has 0 unspecified atom stereocenters. The van der Waals surface area contributed by atoms with Crippen molar-refractivity contribution in [2.24, 2.45) is 0 Å². The fourth-order valence-electron chi connectivity index (χ4n) is 2.58. The summed E-state index contributed by atoms with van der Waals surface area (Å²) in [5.74, 6) is 0.311. The molecule has 0 radical (unpaired) electrons. The third-order valence-corrected chi connectivity index (χ3v) is 5.73. The standard InChI is InChI=1S/C18H24N2O2S/c1-11(2)15-9-13(5-7-17(15)19)23(21,22)14-6-8-18(20)16(10-14)12(3)4/h5-12H,19-20H2,1-4H3. The first-order valence-electron chi connectivity index (χ1n) is 7.68. The first-order chi connectivity index (χ1) is 10.6. The second kappa shape index (κ2) is 6.24. The molecule has 0 bridgehead atoms. The molecule has 5 heteroatoms. The van der Waals surface area contributed by atoms with Crippen molar-refractivity contribution in [2.45, 2.75) is 49.3 Å². The number of rotatable bonds is 4. The molecule has 23 heavy (non-hydrogen) atoms. The molecule has 0 fully saturated rings. The molecule has 2 rings (SSSR count). The minimum atomic E-state index is -3.60. The van der Waals surface area contributed by atoms with Crippen LogP contribution in [0.25, 0.3) is 0 Å². The Kier molecular flexibility index (Phi) is 4.71. The van der Waals surface area contributed by atoms with Crippen LogP contribution in [-0.2, 0) is 9.84 Å². The lowest BCUT2D eigenvalue weighted by molar-refractivity contribution is 0.595. The third kappa shape index (κ3) is 3.34. The minimum absolute atomic E-state index is 0.155. The second-order valence-electron chi connectivity index (χ2n) is 6.39. The molecule has 124 valence electrons. The number of sulfone groups is 1. The molecule has 0 saturated heterocycles. The molecular formula is C18H24N2O2S. The van der Waals surface area contributed by atoms with Crippen molar-refractivity contribution in [1.29, 1.82) is 0 Å². The van der Waals surface area contributed by atoms with Crippen LogP contribution in [0.4, 0.5) is 11.4 Å². The SMILES string of the molecule is CC(C)c1cc(S(=O)(=O)c2ccc(N)c(C(C)C)c2)ccc1N. The van der Waals surface area contributed by atoms with Crippen LogP contribution >= 0.6 is 0 Å². The van der Waals surface area contributed by atoms with Crippen LogP contribution in [0, 0.1) is 0 Å². The fraction of sp³-hybridized carbons (Fsp3) is 0.333. The molecule has 2 aromatic rings. The summed E-state index contributed by atoms with van der Waals surface area (Å²) in [6.45, 7) is 7.95. The van der Waals surface area contributed by atoms with Crippen LogP contribution in [0.1, 0.15) is 50.7 Å². The van der Waals surface area contributed by atoms with Crippen molar-refractivity contribution >= 4 is 21.2 Å². The highest BCUT2D eigenvalue weighted by Crippen LogP contribution is 2.31. The zero-order chi connectivity index (χ0) is 17.4. The average molecular weight is 332 g/mol. The van der Waals surface area contributed by atoms with Gasteiger partial charge in [0.15, 0.2) is 0 Å². The molecule has 4 nitrogen and oxygen atoms in total. The predicted molar refractivity (Wildman–Crippen MR) is 95.3 cm³/mol. The highest BCUT2D eigenvalue weighted by atomic mass is 32.2. The lowest BCUT2D eigenvalue weighted by Crippen LogP contribution is -2.07. The normalized spacial score (nSPS) is 12.1. The summed E-state index contributed by atoms with van der Waals surface area (Å²) in [5, 5.41) is 0. The van der Waals surface area contributed by atoms with Gasteiger partial charge in [-0.1, -0.05) is 27.7 Å². The zero-order valence-electron chi connectivity index (χ0n) is 14.0. The van der Waals surface area contributed by atoms with Crippen LogP contribution < -0.4 is 11.5 Å². The number of hydrogen-bond donors (Lipinski definition) is 2. The monoisotopic (exact) mass is 332 g/mol. The van der Waals surface area contributed by atoms with E-state index in [1.165, 1.54) is 0 Å². The Morgan fingerprint density at radius 1 is 0.739 bits per heavy atom. The van der Waals surface area contributed by atoms with E-state index in [4.69, 9.17) is 11.5 Å². The van der Waals surface area contributed by atoms with E-state index < -0.39 is 9.84 Å². The van der Waals surface area contributed by atoms with Gasteiger partial charge in [0, 0.05) is 11.4 Å². The van der Waals surface area contributed by atoms with E-state index in [0.29, 0.717) is 11.4 Å². The highest BCUT2D eigenvalue weighted by molar-refractivity contribution is 7.91. The summed E-state index contributed by atoms with van der Waals surface area (Å²) in [5.41, 5.74) is 14.8. The molecule has 4 N–H and O–H groups in total. The van der Waals surface area contributed by atoms with Crippen LogP contribution in [0.15, 0.2) is 46.2 Å². The minimum Gasteiger partial charge on any atom is -0.398 e. The zero-order valence-corrected chi connectivity index (χ0v) is 14.8. The van der Waals surface area contributed by atoms with Gasteiger partial charge in [0.25, 0.3) is 0 Å². The van der Waals surface area contributed by atoms with E-state index in [0.717, 1.165) is 11.1 Å². The molecule has 0 aliphatic rings. The van der Waals surface area contributed by atoms with Crippen molar-refractivity contribution in [1.82, 2.24) is 0 Å². The maximum atomic E-state index is 12.9. The van der Waals surface area contributed by atoms with Crippen LogP contribution in [0.3, 0.4) is 0 Å². The molecule has 0 heterocycles. The van der Waals surface area contributed by atoms with E-state index in [2.05, 4.69) is 0 Å². The van der Waals surface area contributed by atoms with Gasteiger partial charge in [-0.15, -0.1) is 0 Å². The van der Waals surface area contributed by atoms with E-state index in [9.17, 15) is 8.42 Å². The summed E-state index contributed by atoms with van der Waals surface area (Å²) in [6, 6.07) is 9.76. The van der Waals surface area contributed by atoms with Crippen molar-refractivity contribution in [3.8, 4) is 0 Å². The topological polar surface area (TPSA) is 86.2 Å². The first-order valence-corrected chi connectivity index (χ1v) is 9.16. The molecule has 0 aromatic heterocycles. The smallest absolute Gasteiger partial charge is 0.206 e. The Hall–Kier alpha value is -2.01. The number of benzene rings is 2. The summed E-state index contributed by atoms with van der Waals surface area (Å²) in [7, 11) is -3.60. The number of anilines is 2. The van der Waals surface area contributed by atoms with Gasteiger partial charge in [-0.25, -0.2) is 8.42 Å². The maximum absolute atomic E-state index is 12.9. The van der Waals surface area contributed by atoms with Crippen molar-refractivity contribution in [3.05, 3.63) is 47.5 Å². The number of nitrogens with two attached hydrogens (primary N) is 2. The Morgan fingerprint density at radius 3 is 1.39 bits per heavy atom. The van der Waals surface area contributed by atoms with Gasteiger partial charge in [-0.05, 0) is 59.4 Å². The van der Waals surface area contributed by atoms with Gasteiger partial charge >= 0.3 is 0 Å². The molecule has 0 amide bonds. The second-order valence-corrected chi connectivity index (χ2v) is 8.34. The first kappa shape index (κ1) is 17.3. The summed E-state index contributed by atoms with van der Waals surface area (Å²) < 4.78 is 25.8. The van der Waals surface area contributed by atoms with Gasteiger partial charge < -0.3 is 11.5 Å².